The third-order valence-electron chi connectivity index (χ3n) is 5.51. The summed E-state index contributed by atoms with van der Waals surface area (Å²) < 4.78 is 5.36. The normalized spacial score (nSPS) is 14.6. The van der Waals surface area contributed by atoms with Crippen molar-refractivity contribution in [2.24, 2.45) is 4.99 Å². The molecule has 1 aliphatic rings. The van der Waals surface area contributed by atoms with Crippen LogP contribution in [0.15, 0.2) is 29.3 Å². The van der Waals surface area contributed by atoms with Crippen molar-refractivity contribution in [3.63, 3.8) is 0 Å². The molecule has 0 bridgehead atoms. The van der Waals surface area contributed by atoms with Crippen LogP contribution in [0.5, 0.6) is 5.88 Å². The molecule has 1 aromatic heterocycles. The van der Waals surface area contributed by atoms with E-state index in [2.05, 4.69) is 20.4 Å². The van der Waals surface area contributed by atoms with Gasteiger partial charge in [-0.15, -0.1) is 0 Å². The highest BCUT2D eigenvalue weighted by Gasteiger charge is 2.22. The summed E-state index contributed by atoms with van der Waals surface area (Å²) in [7, 11) is 1.51. The second kappa shape index (κ2) is 11.1. The molecule has 174 valence electrons. The van der Waals surface area contributed by atoms with Crippen molar-refractivity contribution in [2.45, 2.75) is 33.2 Å². The van der Waals surface area contributed by atoms with E-state index in [1.54, 1.807) is 12.1 Å². The number of rotatable bonds is 7. The minimum Gasteiger partial charge on any atom is -0.479 e. The number of pyridine rings is 1. The average molecular weight is 446 g/mol. The molecule has 32 heavy (non-hydrogen) atoms. The van der Waals surface area contributed by atoms with Gasteiger partial charge in [-0.3, -0.25) is 5.21 Å². The van der Waals surface area contributed by atoms with E-state index in [-0.39, 0.29) is 25.8 Å². The molecule has 0 spiro atoms. The summed E-state index contributed by atoms with van der Waals surface area (Å²) >= 11 is 0. The van der Waals surface area contributed by atoms with Gasteiger partial charge in [0.05, 0.1) is 26.9 Å². The van der Waals surface area contributed by atoms with Crippen molar-refractivity contribution >= 4 is 17.3 Å². The number of anilines is 1. The predicted molar refractivity (Wildman–Crippen MR) is 120 cm³/mol. The molecule has 5 N–H and O–H groups in total. The number of aliphatic hydroxyl groups excluding tert-OH is 3. The van der Waals surface area contributed by atoms with Crippen LogP contribution in [0.1, 0.15) is 29.3 Å². The van der Waals surface area contributed by atoms with Gasteiger partial charge in [0.2, 0.25) is 11.8 Å². The van der Waals surface area contributed by atoms with Crippen LogP contribution in [-0.4, -0.2) is 69.7 Å². The molecule has 0 amide bonds. The van der Waals surface area contributed by atoms with E-state index in [4.69, 9.17) is 4.74 Å². The summed E-state index contributed by atoms with van der Waals surface area (Å²) in [6.07, 6.45) is 0.652. The number of aromatic nitrogens is 1. The molecule has 0 radical (unpaired) electrons. The van der Waals surface area contributed by atoms with Crippen molar-refractivity contribution in [1.82, 2.24) is 15.4 Å². The van der Waals surface area contributed by atoms with Gasteiger partial charge in [-0.1, -0.05) is 13.0 Å². The van der Waals surface area contributed by atoms with Crippen molar-refractivity contribution in [2.75, 3.05) is 38.2 Å². The number of ether oxygens (including phenoxy) is 1. The number of piperazine rings is 1. The monoisotopic (exact) mass is 445 g/mol. The fraction of sp³-hybridized carbons (Fsp3) is 0.455. The Morgan fingerprint density at radius 1 is 1.03 bits per heavy atom. The summed E-state index contributed by atoms with van der Waals surface area (Å²) in [6.45, 7) is 4.09. The van der Waals surface area contributed by atoms with E-state index in [0.717, 1.165) is 22.5 Å². The summed E-state index contributed by atoms with van der Waals surface area (Å²) in [4.78, 5) is 13.0. The van der Waals surface area contributed by atoms with Crippen LogP contribution in [-0.2, 0) is 26.2 Å². The Kier molecular flexibility index (Phi) is 8.23. The second-order valence-corrected chi connectivity index (χ2v) is 7.48. The number of nitrogens with one attached hydrogen (secondary N) is 1. The minimum atomic E-state index is -0.161. The standard InChI is InChI=1S/C22H31N5O5/c1-3-19-17(14-30)11-20(21(23-19)32-2)24-22(25-31)27-6-4-26(5-7-27)18-9-15(12-28)8-16(10-18)13-29/h8-11,28-31H,3-7,12-14H2,1-2H3,(H,24,25). The smallest absolute Gasteiger partial charge is 0.240 e. The molecule has 1 aromatic carbocycles. The molecular formula is C22H31N5O5. The van der Waals surface area contributed by atoms with Crippen molar-refractivity contribution in [3.8, 4) is 5.88 Å². The largest absolute Gasteiger partial charge is 0.479 e. The summed E-state index contributed by atoms with van der Waals surface area (Å²) in [6, 6.07) is 7.33. The Bertz CT molecular complexity index is 922. The Balaban J connectivity index is 1.79. The zero-order valence-corrected chi connectivity index (χ0v) is 18.5. The summed E-state index contributed by atoms with van der Waals surface area (Å²) in [5.74, 6) is 0.584. The minimum absolute atomic E-state index is 0.0887. The van der Waals surface area contributed by atoms with Crippen LogP contribution in [0.4, 0.5) is 11.4 Å². The van der Waals surface area contributed by atoms with Crippen molar-refractivity contribution in [3.05, 3.63) is 46.6 Å². The van der Waals surface area contributed by atoms with Gasteiger partial charge in [0.15, 0.2) is 0 Å². The number of hydroxylamine groups is 1. The van der Waals surface area contributed by atoms with Gasteiger partial charge in [-0.2, -0.15) is 0 Å². The molecule has 10 heteroatoms. The van der Waals surface area contributed by atoms with Gasteiger partial charge < -0.3 is 29.9 Å². The molecule has 3 rings (SSSR count). The van der Waals surface area contributed by atoms with Gasteiger partial charge >= 0.3 is 0 Å². The maximum atomic E-state index is 9.75. The first-order valence-corrected chi connectivity index (χ1v) is 10.6. The van der Waals surface area contributed by atoms with E-state index in [0.29, 0.717) is 49.7 Å². The molecule has 10 nitrogen and oxygen atoms in total. The van der Waals surface area contributed by atoms with Gasteiger partial charge in [0.25, 0.3) is 0 Å². The molecule has 0 atom stereocenters. The zero-order valence-electron chi connectivity index (χ0n) is 18.5. The molecule has 2 aromatic rings. The number of methoxy groups -OCH3 is 1. The summed E-state index contributed by atoms with van der Waals surface area (Å²) in [5, 5.41) is 38.4. The van der Waals surface area contributed by atoms with E-state index < -0.39 is 0 Å². The quantitative estimate of drug-likeness (QED) is 0.240. The van der Waals surface area contributed by atoms with Gasteiger partial charge in [0, 0.05) is 43.1 Å². The first-order chi connectivity index (χ1) is 15.6. The van der Waals surface area contributed by atoms with Crippen LogP contribution in [0.3, 0.4) is 0 Å². The zero-order chi connectivity index (χ0) is 23.1. The fourth-order valence-corrected chi connectivity index (χ4v) is 3.80. The Hall–Kier alpha value is -2.92. The van der Waals surface area contributed by atoms with E-state index in [1.165, 1.54) is 7.11 Å². The highest BCUT2D eigenvalue weighted by Crippen LogP contribution is 2.29. The number of aliphatic imine (C=N–C) groups is 1. The third kappa shape index (κ3) is 5.28. The van der Waals surface area contributed by atoms with Gasteiger partial charge in [-0.25, -0.2) is 15.5 Å². The molecule has 1 saturated heterocycles. The lowest BCUT2D eigenvalue weighted by Crippen LogP contribution is -2.52. The number of guanidine groups is 1. The second-order valence-electron chi connectivity index (χ2n) is 7.48. The maximum absolute atomic E-state index is 9.75. The Morgan fingerprint density at radius 3 is 2.19 bits per heavy atom. The molecule has 0 saturated carbocycles. The van der Waals surface area contributed by atoms with Gasteiger partial charge in [0.1, 0.15) is 5.69 Å². The highest BCUT2D eigenvalue weighted by atomic mass is 16.5. The van der Waals surface area contributed by atoms with E-state index in [9.17, 15) is 20.5 Å². The van der Waals surface area contributed by atoms with Crippen LogP contribution < -0.4 is 15.1 Å². The molecule has 0 unspecified atom stereocenters. The fourth-order valence-electron chi connectivity index (χ4n) is 3.80. The van der Waals surface area contributed by atoms with Crippen LogP contribution in [0.25, 0.3) is 0 Å². The van der Waals surface area contributed by atoms with Crippen molar-refractivity contribution in [1.29, 1.82) is 0 Å². The number of aryl methyl sites for hydroxylation is 1. The van der Waals surface area contributed by atoms with Crippen LogP contribution in [0, 0.1) is 0 Å². The SMILES string of the molecule is CCc1nc(OC)c(N=C(NO)N2CCN(c3cc(CO)cc(CO)c3)CC2)cc1CO. The predicted octanol–water partition coefficient (Wildman–Crippen LogP) is 0.918. The molecule has 0 aliphatic carbocycles. The first-order valence-electron chi connectivity index (χ1n) is 10.6. The summed E-state index contributed by atoms with van der Waals surface area (Å²) in [5.41, 5.74) is 6.43. The topological polar surface area (TPSA) is 134 Å². The maximum Gasteiger partial charge on any atom is 0.240 e. The number of nitrogens with zero attached hydrogens (tertiary/aromatic N) is 4. The third-order valence-corrected chi connectivity index (χ3v) is 5.51. The Labute approximate surface area is 187 Å². The average Bonchev–Trinajstić information content (AvgIpc) is 2.86. The number of hydrogen-bond acceptors (Lipinski definition) is 8. The van der Waals surface area contributed by atoms with E-state index in [1.807, 2.05) is 24.0 Å². The Morgan fingerprint density at radius 2 is 1.69 bits per heavy atom. The number of benzene rings is 1. The molecular weight excluding hydrogens is 414 g/mol. The lowest BCUT2D eigenvalue weighted by molar-refractivity contribution is 0.207. The van der Waals surface area contributed by atoms with Crippen LogP contribution in [0.2, 0.25) is 0 Å². The highest BCUT2D eigenvalue weighted by molar-refractivity contribution is 5.83. The first kappa shape index (κ1) is 23.7. The van der Waals surface area contributed by atoms with Gasteiger partial charge in [-0.05, 0) is 35.7 Å². The van der Waals surface area contributed by atoms with Crippen LogP contribution >= 0.6 is 0 Å². The number of aliphatic hydroxyl groups is 3. The molecule has 2 heterocycles. The number of hydrogen-bond donors (Lipinski definition) is 5. The lowest BCUT2D eigenvalue weighted by atomic mass is 10.1. The van der Waals surface area contributed by atoms with E-state index >= 15 is 0 Å². The lowest BCUT2D eigenvalue weighted by Gasteiger charge is -2.37. The molecule has 1 fully saturated rings. The van der Waals surface area contributed by atoms with Crippen molar-refractivity contribution < 1.29 is 25.3 Å². The molecule has 1 aliphatic heterocycles.